The fourth-order valence-corrected chi connectivity index (χ4v) is 2.69. The molecule has 0 aliphatic carbocycles. The minimum Gasteiger partial charge on any atom is -0.495 e. The number of carbonyl (C=O) groups is 2. The van der Waals surface area contributed by atoms with E-state index in [0.717, 1.165) is 0 Å². The lowest BCUT2D eigenvalue weighted by Crippen LogP contribution is -2.35. The Balaban J connectivity index is 1.61. The Morgan fingerprint density at radius 2 is 1.79 bits per heavy atom. The van der Waals surface area contributed by atoms with Crippen LogP contribution in [0.2, 0.25) is 5.02 Å². The molecule has 0 fully saturated rings. The van der Waals surface area contributed by atoms with Gasteiger partial charge >= 0.3 is 0 Å². The quantitative estimate of drug-likeness (QED) is 0.529. The van der Waals surface area contributed by atoms with Gasteiger partial charge in [-0.15, -0.1) is 0 Å². The standard InChI is InChI=1S/C20H23ClFN3O3/c1-28-18-6-5-15(21)13-17(18)23-8-7-19(26)24-9-10-25-20(27)12-14-3-2-4-16(22)11-14/h2-6,11,13,23H,7-10,12H2,1H3,(H,24,26)(H,25,27). The molecule has 2 aromatic rings. The Hall–Kier alpha value is -2.80. The average molecular weight is 408 g/mol. The van der Waals surface area contributed by atoms with Crippen LogP contribution in [0, 0.1) is 5.82 Å². The fourth-order valence-electron chi connectivity index (χ4n) is 2.52. The first kappa shape index (κ1) is 21.5. The van der Waals surface area contributed by atoms with Gasteiger partial charge in [-0.2, -0.15) is 0 Å². The smallest absolute Gasteiger partial charge is 0.224 e. The lowest BCUT2D eigenvalue weighted by atomic mass is 10.1. The van der Waals surface area contributed by atoms with E-state index in [4.69, 9.17) is 16.3 Å². The van der Waals surface area contributed by atoms with Gasteiger partial charge in [-0.05, 0) is 35.9 Å². The third-order valence-corrected chi connectivity index (χ3v) is 4.09. The molecule has 0 bridgehead atoms. The molecule has 0 saturated heterocycles. The summed E-state index contributed by atoms with van der Waals surface area (Å²) >= 11 is 5.96. The van der Waals surface area contributed by atoms with Gasteiger partial charge in [-0.25, -0.2) is 4.39 Å². The number of anilines is 1. The molecule has 2 aromatic carbocycles. The molecule has 0 saturated carbocycles. The van der Waals surface area contributed by atoms with E-state index in [1.807, 2.05) is 0 Å². The lowest BCUT2D eigenvalue weighted by molar-refractivity contribution is -0.122. The second-order valence-corrected chi connectivity index (χ2v) is 6.46. The third kappa shape index (κ3) is 7.44. The Morgan fingerprint density at radius 3 is 2.50 bits per heavy atom. The van der Waals surface area contributed by atoms with E-state index >= 15 is 0 Å². The minimum atomic E-state index is -0.374. The monoisotopic (exact) mass is 407 g/mol. The highest BCUT2D eigenvalue weighted by molar-refractivity contribution is 6.30. The van der Waals surface area contributed by atoms with Gasteiger partial charge in [0.1, 0.15) is 11.6 Å². The van der Waals surface area contributed by atoms with Crippen LogP contribution in [0.15, 0.2) is 42.5 Å². The fraction of sp³-hybridized carbons (Fsp3) is 0.300. The van der Waals surface area contributed by atoms with Crippen LogP contribution in [0.5, 0.6) is 5.75 Å². The molecule has 8 heteroatoms. The molecule has 0 aromatic heterocycles. The number of hydrogen-bond donors (Lipinski definition) is 3. The second kappa shape index (κ2) is 11.1. The molecule has 3 N–H and O–H groups in total. The van der Waals surface area contributed by atoms with Gasteiger partial charge in [-0.3, -0.25) is 9.59 Å². The van der Waals surface area contributed by atoms with Crippen molar-refractivity contribution in [3.63, 3.8) is 0 Å². The minimum absolute atomic E-state index is 0.0943. The van der Waals surface area contributed by atoms with Crippen LogP contribution in [0.3, 0.4) is 0 Å². The first-order chi connectivity index (χ1) is 13.5. The van der Waals surface area contributed by atoms with Crippen molar-refractivity contribution in [1.82, 2.24) is 10.6 Å². The molecule has 0 aliphatic rings. The van der Waals surface area contributed by atoms with Crippen LogP contribution in [-0.2, 0) is 16.0 Å². The summed E-state index contributed by atoms with van der Waals surface area (Å²) in [5, 5.41) is 9.09. The van der Waals surface area contributed by atoms with Crippen molar-refractivity contribution in [3.05, 3.63) is 58.9 Å². The van der Waals surface area contributed by atoms with Gasteiger partial charge in [0.2, 0.25) is 11.8 Å². The summed E-state index contributed by atoms with van der Waals surface area (Å²) < 4.78 is 18.3. The summed E-state index contributed by atoms with van der Waals surface area (Å²) in [5.41, 5.74) is 1.32. The van der Waals surface area contributed by atoms with Crippen LogP contribution in [-0.4, -0.2) is 38.6 Å². The van der Waals surface area contributed by atoms with Crippen LogP contribution in [0.1, 0.15) is 12.0 Å². The van der Waals surface area contributed by atoms with Gasteiger partial charge < -0.3 is 20.7 Å². The number of rotatable bonds is 10. The predicted molar refractivity (Wildman–Crippen MR) is 107 cm³/mol. The Morgan fingerprint density at radius 1 is 1.04 bits per heavy atom. The molecule has 0 unspecified atom stereocenters. The van der Waals surface area contributed by atoms with Crippen LogP contribution in [0.25, 0.3) is 0 Å². The summed E-state index contributed by atoms with van der Waals surface area (Å²) in [4.78, 5) is 23.7. The molecule has 6 nitrogen and oxygen atoms in total. The van der Waals surface area contributed by atoms with E-state index < -0.39 is 0 Å². The molecule has 0 heterocycles. The molecule has 0 atom stereocenters. The summed E-state index contributed by atoms with van der Waals surface area (Å²) in [5.74, 6) is -0.102. The van der Waals surface area contributed by atoms with Gasteiger partial charge in [0.25, 0.3) is 0 Å². The van der Waals surface area contributed by atoms with Gasteiger partial charge in [0.15, 0.2) is 0 Å². The number of methoxy groups -OCH3 is 1. The SMILES string of the molecule is COc1ccc(Cl)cc1NCCC(=O)NCCNC(=O)Cc1cccc(F)c1. The van der Waals surface area contributed by atoms with E-state index in [1.54, 1.807) is 37.4 Å². The highest BCUT2D eigenvalue weighted by Crippen LogP contribution is 2.27. The molecular weight excluding hydrogens is 385 g/mol. The molecule has 2 rings (SSSR count). The van der Waals surface area contributed by atoms with Gasteiger partial charge in [0.05, 0.1) is 19.2 Å². The van der Waals surface area contributed by atoms with Crippen LogP contribution in [0.4, 0.5) is 10.1 Å². The maximum Gasteiger partial charge on any atom is 0.224 e. The zero-order chi connectivity index (χ0) is 20.4. The number of hydrogen-bond acceptors (Lipinski definition) is 4. The maximum atomic E-state index is 13.1. The van der Waals surface area contributed by atoms with E-state index in [0.29, 0.717) is 41.7 Å². The average Bonchev–Trinajstić information content (AvgIpc) is 2.65. The molecule has 2 amide bonds. The molecule has 28 heavy (non-hydrogen) atoms. The third-order valence-electron chi connectivity index (χ3n) is 3.85. The highest BCUT2D eigenvalue weighted by Gasteiger charge is 2.06. The van der Waals surface area contributed by atoms with Gasteiger partial charge in [-0.1, -0.05) is 23.7 Å². The summed E-state index contributed by atoms with van der Waals surface area (Å²) in [6.45, 7) is 1.03. The van der Waals surface area contributed by atoms with E-state index in [-0.39, 0.29) is 30.5 Å². The van der Waals surface area contributed by atoms with Crippen molar-refractivity contribution < 1.29 is 18.7 Å². The van der Waals surface area contributed by atoms with Crippen LogP contribution >= 0.6 is 11.6 Å². The number of benzene rings is 2. The van der Waals surface area contributed by atoms with E-state index in [2.05, 4.69) is 16.0 Å². The van der Waals surface area contributed by atoms with Crippen molar-refractivity contribution in [2.24, 2.45) is 0 Å². The molecule has 0 spiro atoms. The Kier molecular flexibility index (Phi) is 8.55. The van der Waals surface area contributed by atoms with Crippen molar-refractivity contribution in [3.8, 4) is 5.75 Å². The molecule has 0 radical (unpaired) electrons. The molecular formula is C20H23ClFN3O3. The number of halogens is 2. The van der Waals surface area contributed by atoms with E-state index in [1.165, 1.54) is 12.1 Å². The Labute approximate surface area is 168 Å². The summed E-state index contributed by atoms with van der Waals surface area (Å²) in [6.07, 6.45) is 0.351. The summed E-state index contributed by atoms with van der Waals surface area (Å²) in [7, 11) is 1.56. The first-order valence-corrected chi connectivity index (χ1v) is 9.21. The maximum absolute atomic E-state index is 13.1. The van der Waals surface area contributed by atoms with Crippen molar-refractivity contribution in [2.45, 2.75) is 12.8 Å². The first-order valence-electron chi connectivity index (χ1n) is 8.83. The number of amides is 2. The second-order valence-electron chi connectivity index (χ2n) is 6.03. The Bertz CT molecular complexity index is 817. The normalized spacial score (nSPS) is 10.2. The zero-order valence-corrected chi connectivity index (χ0v) is 16.3. The largest absolute Gasteiger partial charge is 0.495 e. The topological polar surface area (TPSA) is 79.5 Å². The summed E-state index contributed by atoms with van der Waals surface area (Å²) in [6, 6.07) is 11.1. The molecule has 0 aliphatic heterocycles. The highest BCUT2D eigenvalue weighted by atomic mass is 35.5. The van der Waals surface area contributed by atoms with Gasteiger partial charge in [0, 0.05) is 31.1 Å². The predicted octanol–water partition coefficient (Wildman–Crippen LogP) is 2.76. The molecule has 150 valence electrons. The number of nitrogens with one attached hydrogen (secondary N) is 3. The number of ether oxygens (including phenoxy) is 1. The number of carbonyl (C=O) groups excluding carboxylic acids is 2. The van der Waals surface area contributed by atoms with Crippen molar-refractivity contribution in [1.29, 1.82) is 0 Å². The van der Waals surface area contributed by atoms with Crippen molar-refractivity contribution >= 4 is 29.1 Å². The lowest BCUT2D eigenvalue weighted by Gasteiger charge is -2.12. The van der Waals surface area contributed by atoms with E-state index in [9.17, 15) is 14.0 Å². The van der Waals surface area contributed by atoms with Crippen molar-refractivity contribution in [2.75, 3.05) is 32.1 Å². The van der Waals surface area contributed by atoms with Crippen LogP contribution < -0.4 is 20.7 Å². The zero-order valence-electron chi connectivity index (χ0n) is 15.6.